The van der Waals surface area contributed by atoms with Gasteiger partial charge in [-0.3, -0.25) is 4.79 Å². The van der Waals surface area contributed by atoms with Crippen molar-refractivity contribution in [1.29, 1.82) is 0 Å². The second-order valence-corrected chi connectivity index (χ2v) is 5.52. The summed E-state index contributed by atoms with van der Waals surface area (Å²) in [5, 5.41) is 2.98. The van der Waals surface area contributed by atoms with Gasteiger partial charge in [0.15, 0.2) is 0 Å². The number of rotatable bonds is 5. The number of nitrogens with two attached hydrogens (primary N) is 1. The van der Waals surface area contributed by atoms with Gasteiger partial charge in [0.2, 0.25) is 0 Å². The van der Waals surface area contributed by atoms with Gasteiger partial charge >= 0.3 is 0 Å². The van der Waals surface area contributed by atoms with Crippen molar-refractivity contribution >= 4 is 11.6 Å². The van der Waals surface area contributed by atoms with E-state index in [0.717, 1.165) is 18.9 Å². The zero-order valence-electron chi connectivity index (χ0n) is 11.5. The van der Waals surface area contributed by atoms with Crippen LogP contribution in [0.15, 0.2) is 24.3 Å². The zero-order valence-corrected chi connectivity index (χ0v) is 11.5. The summed E-state index contributed by atoms with van der Waals surface area (Å²) in [6, 6.07) is 7.06. The quantitative estimate of drug-likeness (QED) is 0.630. The van der Waals surface area contributed by atoms with Crippen LogP contribution in [0.25, 0.3) is 0 Å². The number of benzene rings is 1. The van der Waals surface area contributed by atoms with Gasteiger partial charge in [-0.15, -0.1) is 0 Å². The highest BCUT2D eigenvalue weighted by molar-refractivity contribution is 5.94. The molecule has 0 heterocycles. The van der Waals surface area contributed by atoms with Crippen molar-refractivity contribution in [2.45, 2.75) is 44.9 Å². The average Bonchev–Trinajstić information content (AvgIpc) is 2.45. The SMILES string of the molecule is Nc1ccc(C(=O)NCCCC2CCCCC2)cc1. The summed E-state index contributed by atoms with van der Waals surface area (Å²) in [6.45, 7) is 0.777. The molecule has 1 aromatic carbocycles. The first-order valence-corrected chi connectivity index (χ1v) is 7.39. The van der Waals surface area contributed by atoms with Crippen molar-refractivity contribution in [1.82, 2.24) is 5.32 Å². The summed E-state index contributed by atoms with van der Waals surface area (Å²) < 4.78 is 0. The van der Waals surface area contributed by atoms with Crippen LogP contribution in [0.1, 0.15) is 55.3 Å². The summed E-state index contributed by atoms with van der Waals surface area (Å²) in [7, 11) is 0. The molecule has 1 fully saturated rings. The molecule has 0 atom stereocenters. The molecule has 0 bridgehead atoms. The van der Waals surface area contributed by atoms with Gasteiger partial charge in [-0.2, -0.15) is 0 Å². The molecule has 1 aliphatic rings. The van der Waals surface area contributed by atoms with E-state index in [1.165, 1.54) is 38.5 Å². The minimum absolute atomic E-state index is 0.00337. The van der Waals surface area contributed by atoms with Gasteiger partial charge in [0.05, 0.1) is 0 Å². The van der Waals surface area contributed by atoms with E-state index >= 15 is 0 Å². The average molecular weight is 260 g/mol. The predicted octanol–water partition coefficient (Wildman–Crippen LogP) is 3.36. The number of hydrogen-bond donors (Lipinski definition) is 2. The Balaban J connectivity index is 1.64. The van der Waals surface area contributed by atoms with Crippen LogP contribution in [0.5, 0.6) is 0 Å². The molecule has 0 radical (unpaired) electrons. The number of hydrogen-bond acceptors (Lipinski definition) is 2. The fourth-order valence-electron chi connectivity index (χ4n) is 2.81. The van der Waals surface area contributed by atoms with Crippen LogP contribution in [-0.4, -0.2) is 12.5 Å². The Labute approximate surface area is 115 Å². The van der Waals surface area contributed by atoms with Gasteiger partial charge in [-0.25, -0.2) is 0 Å². The first kappa shape index (κ1) is 13.9. The van der Waals surface area contributed by atoms with Crippen molar-refractivity contribution < 1.29 is 4.79 Å². The van der Waals surface area contributed by atoms with Crippen LogP contribution >= 0.6 is 0 Å². The third-order valence-corrected chi connectivity index (χ3v) is 3.97. The van der Waals surface area contributed by atoms with Crippen LogP contribution < -0.4 is 11.1 Å². The predicted molar refractivity (Wildman–Crippen MR) is 79.0 cm³/mol. The highest BCUT2D eigenvalue weighted by Gasteiger charge is 2.12. The minimum Gasteiger partial charge on any atom is -0.399 e. The lowest BCUT2D eigenvalue weighted by molar-refractivity contribution is 0.0952. The van der Waals surface area contributed by atoms with E-state index < -0.39 is 0 Å². The Bertz CT molecular complexity index is 394. The summed E-state index contributed by atoms with van der Waals surface area (Å²) >= 11 is 0. The molecule has 1 aliphatic carbocycles. The van der Waals surface area contributed by atoms with E-state index in [0.29, 0.717) is 11.3 Å². The molecule has 1 amide bonds. The van der Waals surface area contributed by atoms with Crippen LogP contribution in [0.2, 0.25) is 0 Å². The van der Waals surface area contributed by atoms with Crippen molar-refractivity contribution in [3.63, 3.8) is 0 Å². The molecule has 3 N–H and O–H groups in total. The fraction of sp³-hybridized carbons (Fsp3) is 0.562. The largest absolute Gasteiger partial charge is 0.399 e. The maximum Gasteiger partial charge on any atom is 0.251 e. The monoisotopic (exact) mass is 260 g/mol. The molecule has 19 heavy (non-hydrogen) atoms. The summed E-state index contributed by atoms with van der Waals surface area (Å²) in [5.74, 6) is 0.894. The minimum atomic E-state index is 0.00337. The molecule has 1 saturated carbocycles. The lowest BCUT2D eigenvalue weighted by atomic mass is 9.86. The number of nitrogens with one attached hydrogen (secondary N) is 1. The van der Waals surface area contributed by atoms with Crippen molar-refractivity contribution in [3.05, 3.63) is 29.8 Å². The standard InChI is InChI=1S/C16H24N2O/c17-15-10-8-14(9-11-15)16(19)18-12-4-7-13-5-2-1-3-6-13/h8-11,13H,1-7,12,17H2,(H,18,19). The molecule has 1 aromatic rings. The fourth-order valence-corrected chi connectivity index (χ4v) is 2.81. The number of carbonyl (C=O) groups is 1. The van der Waals surface area contributed by atoms with Crippen molar-refractivity contribution in [3.8, 4) is 0 Å². The van der Waals surface area contributed by atoms with Crippen LogP contribution in [0.4, 0.5) is 5.69 Å². The van der Waals surface area contributed by atoms with Crippen LogP contribution in [-0.2, 0) is 0 Å². The van der Waals surface area contributed by atoms with Gasteiger partial charge in [-0.1, -0.05) is 32.1 Å². The Morgan fingerprint density at radius 3 is 2.53 bits per heavy atom. The molecule has 0 aromatic heterocycles. The first-order chi connectivity index (χ1) is 9.25. The highest BCUT2D eigenvalue weighted by atomic mass is 16.1. The maximum absolute atomic E-state index is 11.9. The number of anilines is 1. The van der Waals surface area contributed by atoms with Crippen molar-refractivity contribution in [2.24, 2.45) is 5.92 Å². The van der Waals surface area contributed by atoms with Crippen LogP contribution in [0, 0.1) is 5.92 Å². The normalized spacial score (nSPS) is 16.2. The summed E-state index contributed by atoms with van der Waals surface area (Å²) in [5.41, 5.74) is 6.98. The lowest BCUT2D eigenvalue weighted by Crippen LogP contribution is -2.25. The second kappa shape index (κ2) is 7.17. The molecule has 3 nitrogen and oxygen atoms in total. The summed E-state index contributed by atoms with van der Waals surface area (Å²) in [6.07, 6.45) is 9.29. The Kier molecular flexibility index (Phi) is 5.25. The number of amides is 1. The Morgan fingerprint density at radius 1 is 1.16 bits per heavy atom. The zero-order chi connectivity index (χ0) is 13.5. The smallest absolute Gasteiger partial charge is 0.251 e. The van der Waals surface area contributed by atoms with Gasteiger partial charge in [-0.05, 0) is 43.0 Å². The van der Waals surface area contributed by atoms with Gasteiger partial charge < -0.3 is 11.1 Å². The van der Waals surface area contributed by atoms with Gasteiger partial charge in [0.1, 0.15) is 0 Å². The molecule has 0 spiro atoms. The first-order valence-electron chi connectivity index (χ1n) is 7.39. The number of nitrogen functional groups attached to an aromatic ring is 1. The van der Waals surface area contributed by atoms with E-state index in [4.69, 9.17) is 5.73 Å². The van der Waals surface area contributed by atoms with E-state index in [2.05, 4.69) is 5.32 Å². The number of carbonyl (C=O) groups excluding carboxylic acids is 1. The molecule has 2 rings (SSSR count). The lowest BCUT2D eigenvalue weighted by Gasteiger charge is -2.21. The molecule has 0 saturated heterocycles. The molecule has 104 valence electrons. The molecule has 0 aliphatic heterocycles. The molecular formula is C16H24N2O. The van der Waals surface area contributed by atoms with Crippen molar-refractivity contribution in [2.75, 3.05) is 12.3 Å². The highest BCUT2D eigenvalue weighted by Crippen LogP contribution is 2.26. The third-order valence-electron chi connectivity index (χ3n) is 3.97. The van der Waals surface area contributed by atoms with Crippen LogP contribution in [0.3, 0.4) is 0 Å². The maximum atomic E-state index is 11.9. The van der Waals surface area contributed by atoms with E-state index in [9.17, 15) is 4.79 Å². The molecular weight excluding hydrogens is 236 g/mol. The van der Waals surface area contributed by atoms with E-state index in [1.807, 2.05) is 0 Å². The molecule has 3 heteroatoms. The van der Waals surface area contributed by atoms with Gasteiger partial charge in [0, 0.05) is 17.8 Å². The molecule has 0 unspecified atom stereocenters. The second-order valence-electron chi connectivity index (χ2n) is 5.52. The van der Waals surface area contributed by atoms with E-state index in [1.54, 1.807) is 24.3 Å². The van der Waals surface area contributed by atoms with E-state index in [-0.39, 0.29) is 5.91 Å². The Morgan fingerprint density at radius 2 is 1.84 bits per heavy atom. The summed E-state index contributed by atoms with van der Waals surface area (Å²) in [4.78, 5) is 11.9. The topological polar surface area (TPSA) is 55.1 Å². The third kappa shape index (κ3) is 4.58. The Hall–Kier alpha value is -1.51. The van der Waals surface area contributed by atoms with Gasteiger partial charge in [0.25, 0.3) is 5.91 Å².